The molecule has 15 heteroatoms. The molecule has 4 rings (SSSR count). The number of rotatable bonds is 13. The van der Waals surface area contributed by atoms with E-state index in [1.54, 1.807) is 62.4 Å². The van der Waals surface area contributed by atoms with E-state index in [2.05, 4.69) is 37.1 Å². The van der Waals surface area contributed by atoms with Crippen molar-refractivity contribution in [2.24, 2.45) is 5.10 Å². The number of hydrogen-bond donors (Lipinski definition) is 4. The molecule has 1 aliphatic rings. The number of methoxy groups -OCH3 is 1. The van der Waals surface area contributed by atoms with Crippen molar-refractivity contribution in [1.29, 1.82) is 0 Å². The van der Waals surface area contributed by atoms with Crippen molar-refractivity contribution in [3.8, 4) is 17.2 Å². The number of aliphatic hydroxyl groups is 1. The minimum atomic E-state index is -1.21. The Morgan fingerprint density at radius 3 is 2.59 bits per heavy atom. The molecule has 0 saturated carbocycles. The van der Waals surface area contributed by atoms with E-state index in [4.69, 9.17) is 53.8 Å². The van der Waals surface area contributed by atoms with Crippen molar-refractivity contribution in [2.45, 2.75) is 32.7 Å². The van der Waals surface area contributed by atoms with Gasteiger partial charge < -0.3 is 34.7 Å². The van der Waals surface area contributed by atoms with Crippen molar-refractivity contribution >= 4 is 68.9 Å². The van der Waals surface area contributed by atoms with Gasteiger partial charge in [-0.2, -0.15) is 5.10 Å². The zero-order chi connectivity index (χ0) is 33.4. The number of allylic oxidation sites excluding steroid dienone is 1. The third-order valence-corrected chi connectivity index (χ3v) is 8.05. The first-order valence-corrected chi connectivity index (χ1v) is 15.7. The number of hydrogen-bond acceptors (Lipinski definition) is 9. The summed E-state index contributed by atoms with van der Waals surface area (Å²) in [7, 11) is 1.27. The van der Waals surface area contributed by atoms with Gasteiger partial charge >= 0.3 is 12.0 Å². The number of halogens is 4. The highest BCUT2D eigenvalue weighted by Gasteiger charge is 2.32. The Balaban J connectivity index is 1.43. The van der Waals surface area contributed by atoms with Gasteiger partial charge in [-0.3, -0.25) is 5.43 Å². The van der Waals surface area contributed by atoms with Crippen molar-refractivity contribution in [2.75, 3.05) is 20.3 Å². The summed E-state index contributed by atoms with van der Waals surface area (Å²) in [6.45, 7) is 3.73. The molecule has 0 bridgehead atoms. The molecule has 0 aliphatic carbocycles. The molecule has 2 atom stereocenters. The number of aliphatic hydroxyl groups excluding tert-OH is 1. The second-order valence-corrected chi connectivity index (χ2v) is 11.9. The van der Waals surface area contributed by atoms with Gasteiger partial charge in [0.15, 0.2) is 17.7 Å². The SMILES string of the molecule is CCOc1cc([C@H]2NC(=O)NC(C)=C2C(=O)OC)ccc1OC[C@@H](O)N/N=C/c1cc(Cl)cc(Br)c1OCc1ccc(Cl)c(Cl)c1. The Labute approximate surface area is 288 Å². The average Bonchev–Trinajstić information content (AvgIpc) is 3.01. The molecule has 0 spiro atoms. The lowest BCUT2D eigenvalue weighted by Gasteiger charge is -2.28. The number of urea groups is 1. The first-order chi connectivity index (χ1) is 22.0. The fourth-order valence-electron chi connectivity index (χ4n) is 4.43. The first-order valence-electron chi connectivity index (χ1n) is 13.8. The summed E-state index contributed by atoms with van der Waals surface area (Å²) >= 11 is 21.8. The van der Waals surface area contributed by atoms with Crippen LogP contribution in [0.4, 0.5) is 4.79 Å². The molecule has 46 heavy (non-hydrogen) atoms. The maximum absolute atomic E-state index is 12.5. The molecular formula is C31H30BrCl3N4O7. The molecule has 244 valence electrons. The molecule has 3 aromatic rings. The highest BCUT2D eigenvalue weighted by atomic mass is 79.9. The monoisotopic (exact) mass is 754 g/mol. The van der Waals surface area contributed by atoms with Crippen LogP contribution in [0.5, 0.6) is 17.2 Å². The topological polar surface area (TPSA) is 140 Å². The van der Waals surface area contributed by atoms with Gasteiger partial charge in [0.2, 0.25) is 0 Å². The normalized spacial score (nSPS) is 15.2. The van der Waals surface area contributed by atoms with Gasteiger partial charge in [-0.05, 0) is 77.3 Å². The Morgan fingerprint density at radius 2 is 1.87 bits per heavy atom. The largest absolute Gasteiger partial charge is 0.490 e. The van der Waals surface area contributed by atoms with Crippen LogP contribution in [0.25, 0.3) is 0 Å². The van der Waals surface area contributed by atoms with Crippen molar-refractivity contribution in [3.05, 3.63) is 96.0 Å². The molecule has 3 aromatic carbocycles. The van der Waals surface area contributed by atoms with Crippen LogP contribution in [0.15, 0.2) is 69.4 Å². The minimum Gasteiger partial charge on any atom is -0.490 e. The van der Waals surface area contributed by atoms with E-state index >= 15 is 0 Å². The number of nitrogens with one attached hydrogen (secondary N) is 3. The number of carbonyl (C=O) groups excluding carboxylic acids is 2. The summed E-state index contributed by atoms with van der Waals surface area (Å²) in [6, 6.07) is 12.3. The average molecular weight is 757 g/mol. The third-order valence-electron chi connectivity index (χ3n) is 6.50. The van der Waals surface area contributed by atoms with Gasteiger partial charge in [-0.1, -0.05) is 46.9 Å². The molecule has 0 unspecified atom stereocenters. The number of ether oxygens (including phenoxy) is 4. The third kappa shape index (κ3) is 8.98. The smallest absolute Gasteiger partial charge is 0.337 e. The number of esters is 1. The van der Waals surface area contributed by atoms with Gasteiger partial charge in [0.05, 0.1) is 46.1 Å². The fraction of sp³-hybridized carbons (Fsp3) is 0.258. The second-order valence-electron chi connectivity index (χ2n) is 9.76. The van der Waals surface area contributed by atoms with Gasteiger partial charge in [0, 0.05) is 16.3 Å². The van der Waals surface area contributed by atoms with E-state index in [9.17, 15) is 14.7 Å². The number of hydrazone groups is 1. The van der Waals surface area contributed by atoms with Crippen LogP contribution in [-0.4, -0.2) is 49.9 Å². The standard InChI is InChI=1S/C31H30BrCl3N4O7/c1-4-44-25-11-18(28-27(30(41)43-3)16(2)37-31(42)38-28)6-8-24(25)45-15-26(40)39-36-13-19-10-20(33)12-21(32)29(19)46-14-17-5-7-22(34)23(35)9-17/h5-13,26,28,39-40H,4,14-15H2,1-3H3,(H2,37,38,42)/b36-13+/t26-,28-/m1/s1. The zero-order valence-corrected chi connectivity index (χ0v) is 28.7. The molecule has 1 aliphatic heterocycles. The van der Waals surface area contributed by atoms with Gasteiger partial charge in [0.1, 0.15) is 19.0 Å². The summed E-state index contributed by atoms with van der Waals surface area (Å²) in [5, 5.41) is 21.3. The Morgan fingerprint density at radius 1 is 1.09 bits per heavy atom. The number of amides is 2. The minimum absolute atomic E-state index is 0.201. The molecule has 1 heterocycles. The quantitative estimate of drug-likeness (QED) is 0.0671. The summed E-state index contributed by atoms with van der Waals surface area (Å²) in [6.07, 6.45) is 0.237. The van der Waals surface area contributed by atoms with Crippen LogP contribution in [0.3, 0.4) is 0 Å². The summed E-state index contributed by atoms with van der Waals surface area (Å²) in [5.74, 6) is 0.558. The van der Waals surface area contributed by atoms with E-state index in [0.717, 1.165) is 5.56 Å². The highest BCUT2D eigenvalue weighted by molar-refractivity contribution is 9.10. The number of nitrogens with zero attached hydrogens (tertiary/aromatic N) is 1. The predicted octanol–water partition coefficient (Wildman–Crippen LogP) is 6.51. The van der Waals surface area contributed by atoms with Gasteiger partial charge in [0.25, 0.3) is 0 Å². The molecular weight excluding hydrogens is 727 g/mol. The Bertz CT molecular complexity index is 1670. The Kier molecular flexibility index (Phi) is 12.4. The van der Waals surface area contributed by atoms with E-state index in [0.29, 0.717) is 60.2 Å². The maximum Gasteiger partial charge on any atom is 0.337 e. The molecule has 4 N–H and O–H groups in total. The number of benzene rings is 3. The van der Waals surface area contributed by atoms with Crippen LogP contribution in [-0.2, 0) is 16.1 Å². The second kappa shape index (κ2) is 16.2. The molecule has 0 saturated heterocycles. The molecule has 0 radical (unpaired) electrons. The first kappa shape index (κ1) is 35.2. The van der Waals surface area contributed by atoms with Crippen LogP contribution in [0.2, 0.25) is 15.1 Å². The fourth-order valence-corrected chi connectivity index (χ4v) is 5.70. The van der Waals surface area contributed by atoms with E-state index in [1.165, 1.54) is 13.3 Å². The van der Waals surface area contributed by atoms with Crippen LogP contribution in [0.1, 0.15) is 36.6 Å². The van der Waals surface area contributed by atoms with Crippen molar-refractivity contribution in [1.82, 2.24) is 16.1 Å². The summed E-state index contributed by atoms with van der Waals surface area (Å²) in [5.41, 5.74) is 5.15. The van der Waals surface area contributed by atoms with E-state index < -0.39 is 24.3 Å². The Hall–Kier alpha value is -3.68. The molecule has 0 fully saturated rings. The lowest BCUT2D eigenvalue weighted by molar-refractivity contribution is -0.136. The maximum atomic E-state index is 12.5. The van der Waals surface area contributed by atoms with Gasteiger partial charge in [-0.15, -0.1) is 0 Å². The molecule has 0 aromatic heterocycles. The van der Waals surface area contributed by atoms with E-state index in [-0.39, 0.29) is 18.8 Å². The predicted molar refractivity (Wildman–Crippen MR) is 179 cm³/mol. The van der Waals surface area contributed by atoms with Crippen molar-refractivity contribution < 1.29 is 33.6 Å². The molecule has 11 nitrogen and oxygen atoms in total. The van der Waals surface area contributed by atoms with Gasteiger partial charge in [-0.25, -0.2) is 9.59 Å². The van der Waals surface area contributed by atoms with Crippen LogP contribution in [0, 0.1) is 0 Å². The summed E-state index contributed by atoms with van der Waals surface area (Å²) < 4.78 is 23.1. The lowest BCUT2D eigenvalue weighted by atomic mass is 9.95. The number of carbonyl (C=O) groups is 2. The van der Waals surface area contributed by atoms with Crippen LogP contribution < -0.4 is 30.3 Å². The zero-order valence-electron chi connectivity index (χ0n) is 24.8. The highest BCUT2D eigenvalue weighted by Crippen LogP contribution is 2.35. The summed E-state index contributed by atoms with van der Waals surface area (Å²) in [4.78, 5) is 24.6. The van der Waals surface area contributed by atoms with Crippen molar-refractivity contribution in [3.63, 3.8) is 0 Å². The molecule has 2 amide bonds. The van der Waals surface area contributed by atoms with E-state index in [1.807, 2.05) is 0 Å². The lowest BCUT2D eigenvalue weighted by Crippen LogP contribution is -2.45. The van der Waals surface area contributed by atoms with Crippen LogP contribution >= 0.6 is 50.7 Å².